The number of hydrogen-bond acceptors (Lipinski definition) is 4. The molecule has 0 unspecified atom stereocenters. The molecule has 0 aliphatic carbocycles. The summed E-state index contributed by atoms with van der Waals surface area (Å²) in [6.45, 7) is 3.40. The number of hydrogen-bond donors (Lipinski definition) is 1. The highest BCUT2D eigenvalue weighted by atomic mass is 32.2. The Kier molecular flexibility index (Phi) is 5.80. The largest absolute Gasteiger partial charge is 0.497 e. The molecule has 0 spiro atoms. The predicted octanol–water partition coefficient (Wildman–Crippen LogP) is 2.89. The first kappa shape index (κ1) is 18.2. The van der Waals surface area contributed by atoms with Crippen molar-refractivity contribution in [2.75, 3.05) is 13.7 Å². The number of rotatable bonds is 7. The number of nitrogens with one attached hydrogen (secondary N) is 1. The maximum Gasteiger partial charge on any atom is 0.241 e. The quantitative estimate of drug-likeness (QED) is 0.831. The van der Waals surface area contributed by atoms with Crippen molar-refractivity contribution in [1.29, 1.82) is 0 Å². The van der Waals surface area contributed by atoms with E-state index >= 15 is 0 Å². The third-order valence-corrected chi connectivity index (χ3v) is 5.09. The molecule has 1 N–H and O–H groups in total. The van der Waals surface area contributed by atoms with Crippen LogP contribution in [0.4, 0.5) is 4.39 Å². The highest BCUT2D eigenvalue weighted by molar-refractivity contribution is 7.89. The van der Waals surface area contributed by atoms with Gasteiger partial charge in [-0.2, -0.15) is 0 Å². The van der Waals surface area contributed by atoms with Crippen LogP contribution in [0.2, 0.25) is 0 Å². The van der Waals surface area contributed by atoms with Gasteiger partial charge in [0.2, 0.25) is 10.0 Å². The van der Waals surface area contributed by atoms with Crippen LogP contribution in [0.15, 0.2) is 47.4 Å². The van der Waals surface area contributed by atoms with Gasteiger partial charge in [-0.1, -0.05) is 0 Å². The Hall–Kier alpha value is -2.12. The fourth-order valence-corrected chi connectivity index (χ4v) is 3.62. The van der Waals surface area contributed by atoms with Crippen molar-refractivity contribution in [2.24, 2.45) is 0 Å². The molecule has 0 aliphatic rings. The molecule has 0 amide bonds. The summed E-state index contributed by atoms with van der Waals surface area (Å²) in [7, 11) is -2.17. The molecule has 1 atom stereocenters. The van der Waals surface area contributed by atoms with Crippen molar-refractivity contribution >= 4 is 10.0 Å². The van der Waals surface area contributed by atoms with Gasteiger partial charge in [0.25, 0.3) is 0 Å². The van der Waals surface area contributed by atoms with Gasteiger partial charge in [-0.15, -0.1) is 0 Å². The lowest BCUT2D eigenvalue weighted by Gasteiger charge is -2.16. The van der Waals surface area contributed by atoms with E-state index in [1.165, 1.54) is 12.1 Å². The van der Waals surface area contributed by atoms with Crippen molar-refractivity contribution in [3.63, 3.8) is 0 Å². The number of benzene rings is 2. The monoisotopic (exact) mass is 353 g/mol. The number of aryl methyl sites for hydroxylation is 1. The van der Waals surface area contributed by atoms with Gasteiger partial charge in [-0.25, -0.2) is 17.5 Å². The fourth-order valence-electron chi connectivity index (χ4n) is 2.17. The van der Waals surface area contributed by atoms with Crippen LogP contribution in [0.3, 0.4) is 0 Å². The lowest BCUT2D eigenvalue weighted by Crippen LogP contribution is -2.37. The van der Waals surface area contributed by atoms with Gasteiger partial charge in [0.1, 0.15) is 23.9 Å². The van der Waals surface area contributed by atoms with E-state index in [4.69, 9.17) is 9.47 Å². The first-order valence-corrected chi connectivity index (χ1v) is 8.85. The smallest absolute Gasteiger partial charge is 0.241 e. The van der Waals surface area contributed by atoms with Gasteiger partial charge in [-0.3, -0.25) is 0 Å². The van der Waals surface area contributed by atoms with Crippen LogP contribution in [-0.2, 0) is 10.0 Å². The Morgan fingerprint density at radius 1 is 1.12 bits per heavy atom. The SMILES string of the molecule is COc1ccc(OC[C@H](C)NS(=O)(=O)c2ccc(F)cc2C)cc1. The Balaban J connectivity index is 1.98. The topological polar surface area (TPSA) is 64.6 Å². The lowest BCUT2D eigenvalue weighted by atomic mass is 10.2. The number of sulfonamides is 1. The summed E-state index contributed by atoms with van der Waals surface area (Å²) in [4.78, 5) is 0.0557. The molecule has 5 nitrogen and oxygen atoms in total. The Morgan fingerprint density at radius 2 is 1.75 bits per heavy atom. The van der Waals surface area contributed by atoms with Crippen LogP contribution in [-0.4, -0.2) is 28.2 Å². The van der Waals surface area contributed by atoms with Gasteiger partial charge < -0.3 is 9.47 Å². The lowest BCUT2D eigenvalue weighted by molar-refractivity contribution is 0.287. The second-order valence-corrected chi connectivity index (χ2v) is 7.10. The van der Waals surface area contributed by atoms with Crippen molar-refractivity contribution in [2.45, 2.75) is 24.8 Å². The highest BCUT2D eigenvalue weighted by Gasteiger charge is 2.20. The van der Waals surface area contributed by atoms with Crippen LogP contribution in [0.1, 0.15) is 12.5 Å². The summed E-state index contributed by atoms with van der Waals surface area (Å²) < 4.78 is 51.0. The molecule has 0 heterocycles. The number of ether oxygens (including phenoxy) is 2. The summed E-state index contributed by atoms with van der Waals surface area (Å²) in [5.74, 6) is 0.852. The highest BCUT2D eigenvalue weighted by Crippen LogP contribution is 2.18. The van der Waals surface area contributed by atoms with Gasteiger partial charge >= 0.3 is 0 Å². The van der Waals surface area contributed by atoms with E-state index in [1.54, 1.807) is 45.2 Å². The summed E-state index contributed by atoms with van der Waals surface area (Å²) in [5, 5.41) is 0. The normalized spacial score (nSPS) is 12.7. The van der Waals surface area contributed by atoms with Crippen LogP contribution >= 0.6 is 0 Å². The second-order valence-electron chi connectivity index (χ2n) is 5.42. The van der Waals surface area contributed by atoms with Crippen LogP contribution < -0.4 is 14.2 Å². The Bertz CT molecular complexity index is 791. The van der Waals surface area contributed by atoms with Crippen molar-refractivity contribution in [1.82, 2.24) is 4.72 Å². The van der Waals surface area contributed by atoms with Gasteiger partial charge in [-0.05, 0) is 61.9 Å². The molecule has 0 aromatic heterocycles. The molecule has 24 heavy (non-hydrogen) atoms. The van der Waals surface area contributed by atoms with E-state index in [2.05, 4.69) is 4.72 Å². The average molecular weight is 353 g/mol. The zero-order valence-corrected chi connectivity index (χ0v) is 14.6. The zero-order chi connectivity index (χ0) is 17.7. The minimum atomic E-state index is -3.74. The number of halogens is 1. The first-order valence-electron chi connectivity index (χ1n) is 7.37. The number of methoxy groups -OCH3 is 1. The van der Waals surface area contributed by atoms with E-state index in [-0.39, 0.29) is 11.5 Å². The van der Waals surface area contributed by atoms with Gasteiger partial charge in [0, 0.05) is 0 Å². The molecule has 2 rings (SSSR count). The molecule has 2 aromatic carbocycles. The maximum atomic E-state index is 13.1. The molecular weight excluding hydrogens is 333 g/mol. The molecule has 130 valence electrons. The molecule has 0 aliphatic heterocycles. The van der Waals surface area contributed by atoms with E-state index in [9.17, 15) is 12.8 Å². The van der Waals surface area contributed by atoms with Crippen LogP contribution in [0.5, 0.6) is 11.5 Å². The summed E-state index contributed by atoms with van der Waals surface area (Å²) >= 11 is 0. The molecule has 0 bridgehead atoms. The van der Waals surface area contributed by atoms with Gasteiger partial charge in [0.05, 0.1) is 18.0 Å². The first-order chi connectivity index (χ1) is 11.3. The summed E-state index contributed by atoms with van der Waals surface area (Å²) in [6.07, 6.45) is 0. The van der Waals surface area contributed by atoms with Crippen molar-refractivity contribution in [3.05, 3.63) is 53.8 Å². The summed E-state index contributed by atoms with van der Waals surface area (Å²) in [6, 6.07) is 10.1. The van der Waals surface area contributed by atoms with Gasteiger partial charge in [0.15, 0.2) is 0 Å². The molecule has 0 radical (unpaired) electrons. The standard InChI is InChI=1S/C17H20FNO4S/c1-12-10-14(18)4-9-17(12)24(20,21)19-13(2)11-23-16-7-5-15(22-3)6-8-16/h4-10,13,19H,11H2,1-3H3/t13-/m0/s1. The molecule has 7 heteroatoms. The maximum absolute atomic E-state index is 13.1. The molecule has 0 saturated heterocycles. The Morgan fingerprint density at radius 3 is 2.33 bits per heavy atom. The van der Waals surface area contributed by atoms with Crippen LogP contribution in [0, 0.1) is 12.7 Å². The third kappa shape index (κ3) is 4.69. The molecule has 0 fully saturated rings. The minimum absolute atomic E-state index is 0.0557. The van der Waals surface area contributed by atoms with E-state index in [1.807, 2.05) is 0 Å². The average Bonchev–Trinajstić information content (AvgIpc) is 2.52. The zero-order valence-electron chi connectivity index (χ0n) is 13.7. The van der Waals surface area contributed by atoms with E-state index in [0.717, 1.165) is 6.07 Å². The molecule has 0 saturated carbocycles. The molecular formula is C17H20FNO4S. The predicted molar refractivity (Wildman–Crippen MR) is 89.4 cm³/mol. The van der Waals surface area contributed by atoms with Crippen LogP contribution in [0.25, 0.3) is 0 Å². The van der Waals surface area contributed by atoms with E-state index in [0.29, 0.717) is 17.1 Å². The Labute approximate surface area is 141 Å². The second kappa shape index (κ2) is 7.63. The van der Waals surface area contributed by atoms with E-state index < -0.39 is 21.9 Å². The van der Waals surface area contributed by atoms with Crippen molar-refractivity contribution < 1.29 is 22.3 Å². The molecule has 2 aromatic rings. The summed E-state index contributed by atoms with van der Waals surface area (Å²) in [5.41, 5.74) is 0.353. The third-order valence-electron chi connectivity index (χ3n) is 3.34. The minimum Gasteiger partial charge on any atom is -0.497 e. The fraction of sp³-hybridized carbons (Fsp3) is 0.294. The van der Waals surface area contributed by atoms with Crippen molar-refractivity contribution in [3.8, 4) is 11.5 Å².